The van der Waals surface area contributed by atoms with E-state index in [1.165, 1.54) is 0 Å². The van der Waals surface area contributed by atoms with E-state index < -0.39 is 11.6 Å². The number of ether oxygens (including phenoxy) is 1. The minimum Gasteiger partial charge on any atom is -0.460 e. The van der Waals surface area contributed by atoms with Gasteiger partial charge in [-0.15, -0.1) is 0 Å². The van der Waals surface area contributed by atoms with E-state index in [-0.39, 0.29) is 22.3 Å². The first kappa shape index (κ1) is 23.3. The lowest BCUT2D eigenvalue weighted by molar-refractivity contribution is 0.00640. The molecule has 1 N–H and O–H groups in total. The molecule has 0 saturated heterocycles. The van der Waals surface area contributed by atoms with Gasteiger partial charge in [-0.3, -0.25) is 4.79 Å². The second-order valence-corrected chi connectivity index (χ2v) is 10.2. The summed E-state index contributed by atoms with van der Waals surface area (Å²) >= 11 is 6.07. The SMILES string of the molecule is Cc1cc(C(C)Nc2ccc(Cl)nc2C(=O)OC(C)(C)C)c2oc(C3CC3)c(C)c(=O)c2c1. The lowest BCUT2D eigenvalue weighted by Gasteiger charge is -2.22. The number of carbonyl (C=O) groups is 1. The monoisotopic (exact) mass is 468 g/mol. The fraction of sp³-hybridized carbons (Fsp3) is 0.423. The van der Waals surface area contributed by atoms with Crippen LogP contribution in [0.15, 0.2) is 33.5 Å². The molecule has 0 amide bonds. The number of benzene rings is 1. The van der Waals surface area contributed by atoms with Gasteiger partial charge in [0.1, 0.15) is 22.1 Å². The number of anilines is 1. The van der Waals surface area contributed by atoms with Crippen molar-refractivity contribution in [1.82, 2.24) is 4.98 Å². The van der Waals surface area contributed by atoms with Crippen molar-refractivity contribution in [3.8, 4) is 0 Å². The van der Waals surface area contributed by atoms with Crippen LogP contribution in [0.1, 0.15) is 85.4 Å². The van der Waals surface area contributed by atoms with Crippen molar-refractivity contribution < 1.29 is 13.9 Å². The topological polar surface area (TPSA) is 81.4 Å². The number of nitrogens with zero attached hydrogens (tertiary/aromatic N) is 1. The molecule has 1 aliphatic carbocycles. The number of hydrogen-bond donors (Lipinski definition) is 1. The van der Waals surface area contributed by atoms with Gasteiger partial charge in [-0.05, 0) is 78.1 Å². The van der Waals surface area contributed by atoms with Gasteiger partial charge >= 0.3 is 5.97 Å². The summed E-state index contributed by atoms with van der Waals surface area (Å²) < 4.78 is 11.9. The van der Waals surface area contributed by atoms with E-state index in [2.05, 4.69) is 10.3 Å². The number of aryl methyl sites for hydroxylation is 1. The molecule has 0 aliphatic heterocycles. The number of aromatic nitrogens is 1. The molecule has 0 bridgehead atoms. The highest BCUT2D eigenvalue weighted by Gasteiger charge is 2.30. The highest BCUT2D eigenvalue weighted by atomic mass is 35.5. The largest absolute Gasteiger partial charge is 0.460 e. The zero-order chi connectivity index (χ0) is 24.1. The third-order valence-corrected chi connectivity index (χ3v) is 5.88. The van der Waals surface area contributed by atoms with Crippen LogP contribution < -0.4 is 10.7 Å². The first-order chi connectivity index (χ1) is 15.4. The minimum atomic E-state index is -0.669. The Morgan fingerprint density at radius 3 is 2.58 bits per heavy atom. The average Bonchev–Trinajstić information content (AvgIpc) is 3.55. The Balaban J connectivity index is 1.77. The van der Waals surface area contributed by atoms with Crippen molar-refractivity contribution in [1.29, 1.82) is 0 Å². The zero-order valence-corrected chi connectivity index (χ0v) is 20.6. The average molecular weight is 469 g/mol. The number of hydrogen-bond acceptors (Lipinski definition) is 6. The molecule has 1 atom stereocenters. The van der Waals surface area contributed by atoms with Gasteiger partial charge in [-0.2, -0.15) is 0 Å². The second-order valence-electron chi connectivity index (χ2n) is 9.82. The summed E-state index contributed by atoms with van der Waals surface area (Å²) in [6.45, 7) is 11.1. The van der Waals surface area contributed by atoms with Gasteiger partial charge in [-0.1, -0.05) is 17.7 Å². The number of halogens is 1. The standard InChI is InChI=1S/C26H29ClN2O4/c1-13-11-17(24-18(12-13)22(30)14(2)23(32-24)16-7-8-16)15(3)28-19-9-10-20(27)29-21(19)25(31)33-26(4,5)6/h9-12,15-16,28H,7-8H2,1-6H3. The van der Waals surface area contributed by atoms with Gasteiger partial charge in [-0.25, -0.2) is 9.78 Å². The van der Waals surface area contributed by atoms with Crippen LogP contribution in [0.2, 0.25) is 5.15 Å². The number of nitrogens with one attached hydrogen (secondary N) is 1. The summed E-state index contributed by atoms with van der Waals surface area (Å²) in [5.74, 6) is 0.540. The molecule has 6 nitrogen and oxygen atoms in total. The quantitative estimate of drug-likeness (QED) is 0.341. The maximum Gasteiger partial charge on any atom is 0.359 e. The van der Waals surface area contributed by atoms with Crippen LogP contribution in [-0.2, 0) is 4.74 Å². The molecule has 1 unspecified atom stereocenters. The van der Waals surface area contributed by atoms with Gasteiger partial charge in [0.2, 0.25) is 0 Å². The van der Waals surface area contributed by atoms with Crippen LogP contribution in [0, 0.1) is 13.8 Å². The lowest BCUT2D eigenvalue weighted by atomic mass is 9.99. The maximum absolute atomic E-state index is 13.1. The molecular weight excluding hydrogens is 440 g/mol. The zero-order valence-electron chi connectivity index (χ0n) is 19.8. The molecule has 1 fully saturated rings. The van der Waals surface area contributed by atoms with Crippen LogP contribution in [0.25, 0.3) is 11.0 Å². The van der Waals surface area contributed by atoms with E-state index in [4.69, 9.17) is 20.8 Å². The number of esters is 1. The number of fused-ring (bicyclic) bond motifs is 1. The summed E-state index contributed by atoms with van der Waals surface area (Å²) in [5, 5.41) is 4.13. The summed E-state index contributed by atoms with van der Waals surface area (Å²) in [7, 11) is 0. The van der Waals surface area contributed by atoms with Crippen molar-refractivity contribution in [2.75, 3.05) is 5.32 Å². The Morgan fingerprint density at radius 2 is 1.94 bits per heavy atom. The van der Waals surface area contributed by atoms with Crippen LogP contribution in [0.5, 0.6) is 0 Å². The molecular formula is C26H29ClN2O4. The fourth-order valence-electron chi connectivity index (χ4n) is 3.99. The Labute approximate surface area is 198 Å². The Hall–Kier alpha value is -2.86. The lowest BCUT2D eigenvalue weighted by Crippen LogP contribution is -2.25. The van der Waals surface area contributed by atoms with E-state index in [1.807, 2.05) is 32.9 Å². The fourth-order valence-corrected chi connectivity index (χ4v) is 4.13. The van der Waals surface area contributed by atoms with E-state index in [0.29, 0.717) is 28.1 Å². The maximum atomic E-state index is 13.1. The molecule has 1 aromatic carbocycles. The minimum absolute atomic E-state index is 0.0119. The molecule has 33 heavy (non-hydrogen) atoms. The third kappa shape index (κ3) is 4.91. The van der Waals surface area contributed by atoms with E-state index in [1.54, 1.807) is 32.9 Å². The van der Waals surface area contributed by atoms with Crippen molar-refractivity contribution in [2.24, 2.45) is 0 Å². The highest BCUT2D eigenvalue weighted by molar-refractivity contribution is 6.29. The molecule has 2 heterocycles. The van der Waals surface area contributed by atoms with Crippen molar-refractivity contribution in [2.45, 2.75) is 71.9 Å². The van der Waals surface area contributed by atoms with Gasteiger partial charge in [0.25, 0.3) is 0 Å². The van der Waals surface area contributed by atoms with Crippen molar-refractivity contribution in [3.63, 3.8) is 0 Å². The predicted molar refractivity (Wildman–Crippen MR) is 130 cm³/mol. The first-order valence-corrected chi connectivity index (χ1v) is 11.6. The van der Waals surface area contributed by atoms with E-state index in [9.17, 15) is 9.59 Å². The number of pyridine rings is 1. The van der Waals surface area contributed by atoms with Crippen LogP contribution in [-0.4, -0.2) is 16.6 Å². The normalized spacial score (nSPS) is 14.9. The third-order valence-electron chi connectivity index (χ3n) is 5.67. The van der Waals surface area contributed by atoms with E-state index >= 15 is 0 Å². The molecule has 1 aliphatic rings. The summed E-state index contributed by atoms with van der Waals surface area (Å²) in [5.41, 5.74) is 3.02. The molecule has 4 rings (SSSR count). The Bertz CT molecular complexity index is 1300. The molecule has 2 aromatic heterocycles. The van der Waals surface area contributed by atoms with Gasteiger partial charge in [0, 0.05) is 17.0 Å². The molecule has 7 heteroatoms. The van der Waals surface area contributed by atoms with Gasteiger partial charge < -0.3 is 14.5 Å². The highest BCUT2D eigenvalue weighted by Crippen LogP contribution is 2.42. The smallest absolute Gasteiger partial charge is 0.359 e. The first-order valence-electron chi connectivity index (χ1n) is 11.2. The Morgan fingerprint density at radius 1 is 1.24 bits per heavy atom. The summed E-state index contributed by atoms with van der Waals surface area (Å²) in [4.78, 5) is 30.1. The number of rotatable bonds is 5. The van der Waals surface area contributed by atoms with Crippen molar-refractivity contribution in [3.05, 3.63) is 67.8 Å². The van der Waals surface area contributed by atoms with Gasteiger partial charge in [0.05, 0.1) is 17.1 Å². The molecule has 1 saturated carbocycles. The van der Waals surface area contributed by atoms with Crippen LogP contribution in [0.3, 0.4) is 0 Å². The predicted octanol–water partition coefficient (Wildman–Crippen LogP) is 6.46. The molecule has 0 spiro atoms. The second kappa shape index (κ2) is 8.49. The molecule has 0 radical (unpaired) electrons. The van der Waals surface area contributed by atoms with Crippen LogP contribution in [0.4, 0.5) is 5.69 Å². The molecule has 174 valence electrons. The van der Waals surface area contributed by atoms with E-state index in [0.717, 1.165) is 29.7 Å². The van der Waals surface area contributed by atoms with Crippen LogP contribution >= 0.6 is 11.6 Å². The molecule has 3 aromatic rings. The number of carbonyl (C=O) groups excluding carboxylic acids is 1. The summed E-state index contributed by atoms with van der Waals surface area (Å²) in [6, 6.07) is 6.92. The van der Waals surface area contributed by atoms with Crippen molar-refractivity contribution >= 4 is 34.2 Å². The Kier molecular flexibility index (Phi) is 5.99. The van der Waals surface area contributed by atoms with Gasteiger partial charge in [0.15, 0.2) is 11.1 Å². The summed E-state index contributed by atoms with van der Waals surface area (Å²) in [6.07, 6.45) is 2.08.